The Morgan fingerprint density at radius 1 is 1.22 bits per heavy atom. The second-order valence-corrected chi connectivity index (χ2v) is 6.86. The molecule has 0 saturated carbocycles. The molecule has 0 fully saturated rings. The molecule has 0 atom stereocenters. The Hall–Kier alpha value is -3.20. The number of amides is 1. The maximum atomic E-state index is 12.7. The number of hydrogen-bond donors (Lipinski definition) is 1. The highest BCUT2D eigenvalue weighted by atomic mass is 79.9. The molecule has 0 bridgehead atoms. The average Bonchev–Trinajstić information content (AvgIpc) is 3.36. The highest BCUT2D eigenvalue weighted by Crippen LogP contribution is 2.16. The maximum Gasteiger partial charge on any atom is 0.263 e. The quantitative estimate of drug-likeness (QED) is 0.532. The molecule has 4 aromatic rings. The van der Waals surface area contributed by atoms with Crippen LogP contribution in [0.1, 0.15) is 15.9 Å². The van der Waals surface area contributed by atoms with Gasteiger partial charge in [-0.3, -0.25) is 14.8 Å². The van der Waals surface area contributed by atoms with E-state index in [4.69, 9.17) is 0 Å². The van der Waals surface area contributed by atoms with Crippen LogP contribution in [0.15, 0.2) is 65.8 Å². The molecule has 0 aliphatic heterocycles. The van der Waals surface area contributed by atoms with Crippen LogP contribution >= 0.6 is 15.9 Å². The van der Waals surface area contributed by atoms with E-state index < -0.39 is 0 Å². The van der Waals surface area contributed by atoms with Gasteiger partial charge in [0.15, 0.2) is 0 Å². The molecule has 0 aliphatic rings. The Bertz CT molecular complexity index is 1080. The molecule has 0 radical (unpaired) electrons. The van der Waals surface area contributed by atoms with Crippen molar-refractivity contribution in [3.8, 4) is 5.82 Å². The number of rotatable bonds is 5. The van der Waals surface area contributed by atoms with E-state index in [1.807, 2.05) is 53.4 Å². The van der Waals surface area contributed by atoms with Crippen molar-refractivity contribution in [1.82, 2.24) is 29.1 Å². The summed E-state index contributed by atoms with van der Waals surface area (Å²) in [6.07, 6.45) is 6.84. The highest BCUT2D eigenvalue weighted by Gasteiger charge is 2.18. The Morgan fingerprint density at radius 2 is 2.04 bits per heavy atom. The maximum absolute atomic E-state index is 12.7. The Labute approximate surface area is 163 Å². The summed E-state index contributed by atoms with van der Waals surface area (Å²) >= 11 is 3.45. The summed E-state index contributed by atoms with van der Waals surface area (Å²) in [5.74, 6) is 0.607. The van der Waals surface area contributed by atoms with Crippen molar-refractivity contribution in [2.45, 2.75) is 6.54 Å². The molecule has 0 aliphatic carbocycles. The Kier molecular flexibility index (Phi) is 4.59. The molecule has 136 valence electrons. The molecule has 27 heavy (non-hydrogen) atoms. The summed E-state index contributed by atoms with van der Waals surface area (Å²) in [6.45, 7) is 0.559. The van der Waals surface area contributed by atoms with E-state index in [9.17, 15) is 4.79 Å². The van der Waals surface area contributed by atoms with Crippen molar-refractivity contribution in [1.29, 1.82) is 0 Å². The fourth-order valence-electron chi connectivity index (χ4n) is 2.79. The first-order valence-electron chi connectivity index (χ1n) is 8.21. The lowest BCUT2D eigenvalue weighted by Crippen LogP contribution is -2.16. The monoisotopic (exact) mass is 425 g/mol. The molecule has 1 N–H and O–H groups in total. The molecule has 0 spiro atoms. The Morgan fingerprint density at radius 3 is 2.81 bits per heavy atom. The van der Waals surface area contributed by atoms with E-state index in [0.717, 1.165) is 10.0 Å². The number of anilines is 1. The van der Waals surface area contributed by atoms with E-state index >= 15 is 0 Å². The van der Waals surface area contributed by atoms with Gasteiger partial charge in [0.25, 0.3) is 5.91 Å². The number of halogens is 1. The van der Waals surface area contributed by atoms with Crippen LogP contribution in [0.5, 0.6) is 0 Å². The summed E-state index contributed by atoms with van der Waals surface area (Å²) in [4.78, 5) is 16.9. The number of aromatic nitrogens is 6. The fraction of sp³-hybridized carbons (Fsp3) is 0.111. The van der Waals surface area contributed by atoms with E-state index in [-0.39, 0.29) is 11.9 Å². The molecule has 8 nitrogen and oxygen atoms in total. The first-order valence-corrected chi connectivity index (χ1v) is 9.00. The normalized spacial score (nSPS) is 10.9. The van der Waals surface area contributed by atoms with Crippen LogP contribution < -0.4 is 5.32 Å². The van der Waals surface area contributed by atoms with Gasteiger partial charge in [-0.25, -0.2) is 9.67 Å². The van der Waals surface area contributed by atoms with Crippen molar-refractivity contribution < 1.29 is 4.79 Å². The third-order valence-electron chi connectivity index (χ3n) is 4.00. The minimum atomic E-state index is -0.313. The van der Waals surface area contributed by atoms with Gasteiger partial charge < -0.3 is 4.57 Å². The zero-order chi connectivity index (χ0) is 18.8. The molecule has 9 heteroatoms. The smallest absolute Gasteiger partial charge is 0.263 e. The van der Waals surface area contributed by atoms with E-state index in [1.54, 1.807) is 22.7 Å². The number of benzene rings is 1. The lowest BCUT2D eigenvalue weighted by atomic mass is 10.2. The van der Waals surface area contributed by atoms with Crippen LogP contribution in [0.3, 0.4) is 0 Å². The van der Waals surface area contributed by atoms with Gasteiger partial charge in [0.05, 0.1) is 12.7 Å². The van der Waals surface area contributed by atoms with Crippen molar-refractivity contribution >= 4 is 27.8 Å². The standard InChI is InChI=1S/C18H16BrN7O/c1-24-17(25-7-2-3-8-25)15(10-21-24)16(27)22-18-20-12-26(23-18)11-13-5-4-6-14(19)9-13/h2-10,12H,11H2,1H3,(H,22,23,27). The Balaban J connectivity index is 1.51. The second-order valence-electron chi connectivity index (χ2n) is 5.95. The molecular formula is C18H16BrN7O. The molecule has 3 heterocycles. The van der Waals surface area contributed by atoms with Crippen LogP contribution in [-0.2, 0) is 13.6 Å². The number of hydrogen-bond acceptors (Lipinski definition) is 4. The number of carbonyl (C=O) groups excluding carboxylic acids is 1. The minimum absolute atomic E-state index is 0.248. The summed E-state index contributed by atoms with van der Waals surface area (Å²) in [6, 6.07) is 11.7. The summed E-state index contributed by atoms with van der Waals surface area (Å²) in [5, 5.41) is 11.2. The highest BCUT2D eigenvalue weighted by molar-refractivity contribution is 9.10. The topological polar surface area (TPSA) is 82.6 Å². The summed E-state index contributed by atoms with van der Waals surface area (Å²) in [7, 11) is 1.79. The van der Waals surface area contributed by atoms with Crippen LogP contribution in [0.4, 0.5) is 5.95 Å². The van der Waals surface area contributed by atoms with Gasteiger partial charge in [0.1, 0.15) is 17.7 Å². The number of nitrogens with one attached hydrogen (secondary N) is 1. The van der Waals surface area contributed by atoms with Gasteiger partial charge in [-0.05, 0) is 29.8 Å². The number of aryl methyl sites for hydroxylation is 1. The first-order chi connectivity index (χ1) is 13.1. The second kappa shape index (κ2) is 7.20. The van der Waals surface area contributed by atoms with Crippen molar-refractivity contribution in [3.63, 3.8) is 0 Å². The van der Waals surface area contributed by atoms with Gasteiger partial charge in [0, 0.05) is 23.9 Å². The summed E-state index contributed by atoms with van der Waals surface area (Å²) in [5.41, 5.74) is 1.52. The molecular weight excluding hydrogens is 410 g/mol. The van der Waals surface area contributed by atoms with Crippen LogP contribution in [-0.4, -0.2) is 35.0 Å². The van der Waals surface area contributed by atoms with Crippen molar-refractivity contribution in [3.05, 3.63) is 76.9 Å². The first kappa shape index (κ1) is 17.2. The third-order valence-corrected chi connectivity index (χ3v) is 4.49. The zero-order valence-electron chi connectivity index (χ0n) is 14.5. The van der Waals surface area contributed by atoms with Crippen LogP contribution in [0, 0.1) is 0 Å². The molecule has 3 aromatic heterocycles. The zero-order valence-corrected chi connectivity index (χ0v) is 16.0. The lowest BCUT2D eigenvalue weighted by molar-refractivity contribution is 0.102. The van der Waals surface area contributed by atoms with Crippen molar-refractivity contribution in [2.24, 2.45) is 7.05 Å². The number of carbonyl (C=O) groups is 1. The fourth-order valence-corrected chi connectivity index (χ4v) is 3.24. The van der Waals surface area contributed by atoms with Gasteiger partial charge in [0.2, 0.25) is 5.95 Å². The summed E-state index contributed by atoms with van der Waals surface area (Å²) < 4.78 is 6.16. The van der Waals surface area contributed by atoms with Crippen LogP contribution in [0.25, 0.3) is 5.82 Å². The average molecular weight is 426 g/mol. The van der Waals surface area contributed by atoms with E-state index in [0.29, 0.717) is 17.9 Å². The SMILES string of the molecule is Cn1ncc(C(=O)Nc2ncn(Cc3cccc(Br)c3)n2)c1-n1cccc1. The van der Waals surface area contributed by atoms with E-state index in [2.05, 4.69) is 36.4 Å². The third kappa shape index (κ3) is 3.68. The van der Waals surface area contributed by atoms with Gasteiger partial charge in [-0.15, -0.1) is 5.10 Å². The molecule has 1 aromatic carbocycles. The van der Waals surface area contributed by atoms with Crippen LogP contribution in [0.2, 0.25) is 0 Å². The molecule has 4 rings (SSSR count). The van der Waals surface area contributed by atoms with E-state index in [1.165, 1.54) is 6.20 Å². The molecule has 1 amide bonds. The number of nitrogens with zero attached hydrogens (tertiary/aromatic N) is 6. The van der Waals surface area contributed by atoms with Gasteiger partial charge >= 0.3 is 0 Å². The molecule has 0 saturated heterocycles. The molecule has 0 unspecified atom stereocenters. The van der Waals surface area contributed by atoms with Crippen molar-refractivity contribution in [2.75, 3.05) is 5.32 Å². The van der Waals surface area contributed by atoms with Gasteiger partial charge in [-0.2, -0.15) is 5.10 Å². The predicted octanol–water partition coefficient (Wildman–Crippen LogP) is 2.87. The largest absolute Gasteiger partial charge is 0.308 e. The minimum Gasteiger partial charge on any atom is -0.308 e. The van der Waals surface area contributed by atoms with Gasteiger partial charge in [-0.1, -0.05) is 28.1 Å². The lowest BCUT2D eigenvalue weighted by Gasteiger charge is -2.06. The predicted molar refractivity (Wildman–Crippen MR) is 104 cm³/mol.